The van der Waals surface area contributed by atoms with Crippen LogP contribution in [0.3, 0.4) is 0 Å². The van der Waals surface area contributed by atoms with E-state index in [4.69, 9.17) is 4.74 Å². The third kappa shape index (κ3) is 4.33. The molecule has 3 aromatic carbocycles. The van der Waals surface area contributed by atoms with Crippen LogP contribution in [-0.4, -0.2) is 33.4 Å². The number of rotatable bonds is 7. The molecule has 7 heteroatoms. The number of nitrogens with one attached hydrogen (secondary N) is 2. The highest BCUT2D eigenvalue weighted by Crippen LogP contribution is 2.40. The molecule has 0 bridgehead atoms. The fourth-order valence-electron chi connectivity index (χ4n) is 5.12. The van der Waals surface area contributed by atoms with Crippen LogP contribution in [0.2, 0.25) is 0 Å². The summed E-state index contributed by atoms with van der Waals surface area (Å²) in [5.74, 6) is 0. The normalized spacial score (nSPS) is 19.9. The van der Waals surface area contributed by atoms with Gasteiger partial charge in [0, 0.05) is 24.2 Å². The topological polar surface area (TPSA) is 96.3 Å². The summed E-state index contributed by atoms with van der Waals surface area (Å²) in [4.78, 5) is 26.8. The second-order valence-electron chi connectivity index (χ2n) is 9.13. The Bertz CT molecular complexity index is 1320. The van der Waals surface area contributed by atoms with Gasteiger partial charge in [-0.3, -0.25) is 19.7 Å². The molecule has 1 saturated heterocycles. The average Bonchev–Trinajstić information content (AvgIpc) is 3.33. The minimum absolute atomic E-state index is 0.223. The van der Waals surface area contributed by atoms with Crippen LogP contribution in [0.4, 0.5) is 0 Å². The van der Waals surface area contributed by atoms with Crippen LogP contribution in [0.25, 0.3) is 0 Å². The van der Waals surface area contributed by atoms with E-state index in [1.165, 1.54) is 10.8 Å². The molecule has 0 spiro atoms. The van der Waals surface area contributed by atoms with E-state index in [1.54, 1.807) is 6.92 Å². The van der Waals surface area contributed by atoms with Crippen LogP contribution in [0.15, 0.2) is 107 Å². The molecule has 7 nitrogen and oxygen atoms in total. The van der Waals surface area contributed by atoms with E-state index < -0.39 is 29.1 Å². The number of ether oxygens (including phenoxy) is 1. The van der Waals surface area contributed by atoms with Gasteiger partial charge < -0.3 is 9.84 Å². The largest absolute Gasteiger partial charge is 0.394 e. The summed E-state index contributed by atoms with van der Waals surface area (Å²) < 4.78 is 7.57. The Morgan fingerprint density at radius 2 is 1.42 bits per heavy atom. The zero-order valence-electron chi connectivity index (χ0n) is 20.0. The second kappa shape index (κ2) is 10.1. The summed E-state index contributed by atoms with van der Waals surface area (Å²) in [6.45, 7) is 1.42. The highest BCUT2D eigenvalue weighted by molar-refractivity contribution is 5.49. The highest BCUT2D eigenvalue weighted by Gasteiger charge is 2.44. The number of H-pyrrole nitrogens is 1. The summed E-state index contributed by atoms with van der Waals surface area (Å²) in [5, 5.41) is 14.1. The van der Waals surface area contributed by atoms with Gasteiger partial charge in [0.1, 0.15) is 6.23 Å². The van der Waals surface area contributed by atoms with Gasteiger partial charge in [0.15, 0.2) is 0 Å². The summed E-state index contributed by atoms with van der Waals surface area (Å²) in [6.07, 6.45) is 0.735. The number of nitrogens with zero attached hydrogens (tertiary/aromatic N) is 1. The molecule has 1 aliphatic rings. The van der Waals surface area contributed by atoms with E-state index in [0.29, 0.717) is 12.0 Å². The second-order valence-corrected chi connectivity index (χ2v) is 9.13. The smallest absolute Gasteiger partial charge is 0.330 e. The number of benzene rings is 3. The Hall–Kier alpha value is -3.78. The lowest BCUT2D eigenvalue weighted by atomic mass is 9.76. The summed E-state index contributed by atoms with van der Waals surface area (Å²) in [7, 11) is 0. The zero-order chi connectivity index (χ0) is 25.1. The number of aromatic amines is 1. The average molecular weight is 484 g/mol. The van der Waals surface area contributed by atoms with Gasteiger partial charge in [0.05, 0.1) is 18.2 Å². The minimum Gasteiger partial charge on any atom is -0.394 e. The van der Waals surface area contributed by atoms with Crippen molar-refractivity contribution >= 4 is 0 Å². The molecular weight excluding hydrogens is 454 g/mol. The predicted molar refractivity (Wildman–Crippen MR) is 138 cm³/mol. The van der Waals surface area contributed by atoms with Crippen LogP contribution >= 0.6 is 0 Å². The van der Waals surface area contributed by atoms with Gasteiger partial charge in [-0.2, -0.15) is 0 Å². The number of hydrogen-bond acceptors (Lipinski definition) is 5. The molecule has 1 unspecified atom stereocenters. The molecule has 1 aliphatic heterocycles. The molecule has 0 amide bonds. The highest BCUT2D eigenvalue weighted by atomic mass is 16.5. The Balaban J connectivity index is 1.62. The number of aromatic nitrogens is 2. The van der Waals surface area contributed by atoms with E-state index in [-0.39, 0.29) is 12.6 Å². The van der Waals surface area contributed by atoms with Gasteiger partial charge in [0.2, 0.25) is 0 Å². The Kier molecular flexibility index (Phi) is 6.69. The van der Waals surface area contributed by atoms with Crippen LogP contribution in [0.5, 0.6) is 0 Å². The van der Waals surface area contributed by atoms with Crippen molar-refractivity contribution in [3.05, 3.63) is 140 Å². The number of aryl methyl sites for hydroxylation is 1. The van der Waals surface area contributed by atoms with Crippen LogP contribution in [-0.2, 0) is 10.3 Å². The van der Waals surface area contributed by atoms with E-state index in [0.717, 1.165) is 16.7 Å². The summed E-state index contributed by atoms with van der Waals surface area (Å²) in [5.41, 5.74) is 1.85. The number of aliphatic hydroxyl groups is 1. The molecule has 1 fully saturated rings. The molecule has 3 atom stereocenters. The molecule has 1 aromatic heterocycles. The van der Waals surface area contributed by atoms with E-state index in [9.17, 15) is 14.7 Å². The lowest BCUT2D eigenvalue weighted by Gasteiger charge is -2.40. The van der Waals surface area contributed by atoms with Crippen molar-refractivity contribution in [2.75, 3.05) is 6.61 Å². The first-order valence-electron chi connectivity index (χ1n) is 12.1. The van der Waals surface area contributed by atoms with Crippen LogP contribution < -0.4 is 16.6 Å². The lowest BCUT2D eigenvalue weighted by molar-refractivity contribution is -0.0301. The van der Waals surface area contributed by atoms with Crippen LogP contribution in [0.1, 0.15) is 34.9 Å². The minimum atomic E-state index is -0.744. The van der Waals surface area contributed by atoms with Crippen molar-refractivity contribution in [1.29, 1.82) is 0 Å². The van der Waals surface area contributed by atoms with Crippen molar-refractivity contribution in [3.8, 4) is 0 Å². The zero-order valence-corrected chi connectivity index (χ0v) is 20.0. The maximum Gasteiger partial charge on any atom is 0.330 e. The van der Waals surface area contributed by atoms with Gasteiger partial charge in [0.25, 0.3) is 5.56 Å². The van der Waals surface area contributed by atoms with Crippen LogP contribution in [0, 0.1) is 6.92 Å². The third-order valence-corrected chi connectivity index (χ3v) is 6.89. The fraction of sp³-hybridized carbons (Fsp3) is 0.241. The van der Waals surface area contributed by atoms with Gasteiger partial charge >= 0.3 is 5.69 Å². The maximum absolute atomic E-state index is 12.6. The van der Waals surface area contributed by atoms with E-state index in [2.05, 4.69) is 46.7 Å². The van der Waals surface area contributed by atoms with Crippen molar-refractivity contribution in [2.24, 2.45) is 0 Å². The molecule has 5 rings (SSSR count). The van der Waals surface area contributed by atoms with Crippen molar-refractivity contribution < 1.29 is 9.84 Å². The quantitative estimate of drug-likeness (QED) is 0.351. The predicted octanol–water partition coefficient (Wildman–Crippen LogP) is 3.08. The van der Waals surface area contributed by atoms with Gasteiger partial charge in [-0.05, 0) is 23.6 Å². The first-order chi connectivity index (χ1) is 17.5. The van der Waals surface area contributed by atoms with Crippen molar-refractivity contribution in [2.45, 2.75) is 37.3 Å². The third-order valence-electron chi connectivity index (χ3n) is 6.89. The van der Waals surface area contributed by atoms with Crippen molar-refractivity contribution in [1.82, 2.24) is 14.9 Å². The Morgan fingerprint density at radius 1 is 0.917 bits per heavy atom. The standard InChI is InChI=1S/C29H29N3O4/c1-20-18-32(28(35)30-27(20)34)26-17-24(25(19-33)36-26)31-29(21-11-5-2-6-12-21,22-13-7-3-8-14-22)23-15-9-4-10-16-23/h2-16,18,24-26,31,33H,17,19H2,1H3,(H,30,34,35)/t24?,25-,26-/m1/s1. The lowest BCUT2D eigenvalue weighted by Crippen LogP contribution is -2.53. The van der Waals surface area contributed by atoms with Crippen molar-refractivity contribution in [3.63, 3.8) is 0 Å². The molecule has 4 aromatic rings. The molecule has 184 valence electrons. The summed E-state index contributed by atoms with van der Waals surface area (Å²) in [6, 6.07) is 30.2. The Labute approximate surface area is 209 Å². The fourth-order valence-corrected chi connectivity index (χ4v) is 5.12. The van der Waals surface area contributed by atoms with E-state index in [1.807, 2.05) is 54.6 Å². The monoisotopic (exact) mass is 483 g/mol. The first-order valence-corrected chi connectivity index (χ1v) is 12.1. The SMILES string of the molecule is Cc1cn([C@H]2CC(NC(c3ccccc3)(c3ccccc3)c3ccccc3)[C@@H](CO)O2)c(=O)[nH]c1=O. The van der Waals surface area contributed by atoms with Gasteiger partial charge in [-0.1, -0.05) is 91.0 Å². The molecule has 0 radical (unpaired) electrons. The number of aliphatic hydroxyl groups excluding tert-OH is 1. The molecule has 3 N–H and O–H groups in total. The molecule has 0 saturated carbocycles. The van der Waals surface area contributed by atoms with Gasteiger partial charge in [-0.15, -0.1) is 0 Å². The van der Waals surface area contributed by atoms with E-state index >= 15 is 0 Å². The molecule has 36 heavy (non-hydrogen) atoms. The molecule has 2 heterocycles. The molecular formula is C29H29N3O4. The van der Waals surface area contributed by atoms with Gasteiger partial charge in [-0.25, -0.2) is 4.79 Å². The maximum atomic E-state index is 12.6. The Morgan fingerprint density at radius 3 is 1.89 bits per heavy atom. The number of hydrogen-bond donors (Lipinski definition) is 3. The molecule has 0 aliphatic carbocycles. The first kappa shape index (κ1) is 23.9. The summed E-state index contributed by atoms with van der Waals surface area (Å²) >= 11 is 0.